The van der Waals surface area contributed by atoms with Crippen LogP contribution in [0, 0.1) is 11.7 Å². The minimum Gasteiger partial charge on any atom is -0.463 e. The molecule has 0 spiro atoms. The van der Waals surface area contributed by atoms with E-state index < -0.39 is 5.82 Å². The van der Waals surface area contributed by atoms with Crippen molar-refractivity contribution in [1.82, 2.24) is 9.97 Å². The lowest BCUT2D eigenvalue weighted by Crippen LogP contribution is -2.06. The van der Waals surface area contributed by atoms with Gasteiger partial charge in [0.05, 0.1) is 12.8 Å². The van der Waals surface area contributed by atoms with Gasteiger partial charge in [-0.1, -0.05) is 13.8 Å². The van der Waals surface area contributed by atoms with Gasteiger partial charge < -0.3 is 10.5 Å². The number of ether oxygens (including phenoxy) is 1. The average Bonchev–Trinajstić information content (AvgIpc) is 2.10. The lowest BCUT2D eigenvalue weighted by molar-refractivity contribution is 0.268. The third-order valence-electron chi connectivity index (χ3n) is 1.68. The molecule has 1 aromatic heterocycles. The summed E-state index contributed by atoms with van der Waals surface area (Å²) < 4.78 is 17.8. The molecule has 0 fully saturated rings. The molecule has 0 aliphatic rings. The fourth-order valence-electron chi connectivity index (χ4n) is 0.819. The second-order valence-electron chi connectivity index (χ2n) is 3.42. The molecule has 1 rings (SSSR count). The van der Waals surface area contributed by atoms with Crippen molar-refractivity contribution in [2.45, 2.75) is 20.3 Å². The predicted molar refractivity (Wildman–Crippen MR) is 51.4 cm³/mol. The SMILES string of the molecule is CC(C)CCOc1ncc(F)c(N)n1. The predicted octanol–water partition coefficient (Wildman–Crippen LogP) is 1.62. The van der Waals surface area contributed by atoms with Crippen molar-refractivity contribution >= 4 is 5.82 Å². The molecule has 5 heteroatoms. The third-order valence-corrected chi connectivity index (χ3v) is 1.68. The topological polar surface area (TPSA) is 61.0 Å². The largest absolute Gasteiger partial charge is 0.463 e. The Bertz CT molecular complexity index is 304. The Hall–Kier alpha value is -1.39. The normalized spacial score (nSPS) is 10.6. The molecular formula is C9H14FN3O. The summed E-state index contributed by atoms with van der Waals surface area (Å²) >= 11 is 0. The van der Waals surface area contributed by atoms with E-state index in [1.54, 1.807) is 0 Å². The Balaban J connectivity index is 2.47. The Labute approximate surface area is 82.3 Å². The molecular weight excluding hydrogens is 185 g/mol. The highest BCUT2D eigenvalue weighted by atomic mass is 19.1. The van der Waals surface area contributed by atoms with Crippen LogP contribution in [0.4, 0.5) is 10.2 Å². The van der Waals surface area contributed by atoms with Crippen LogP contribution in [0.1, 0.15) is 20.3 Å². The zero-order valence-electron chi connectivity index (χ0n) is 8.33. The summed E-state index contributed by atoms with van der Waals surface area (Å²) in [6.45, 7) is 4.69. The quantitative estimate of drug-likeness (QED) is 0.800. The van der Waals surface area contributed by atoms with Crippen molar-refractivity contribution in [2.24, 2.45) is 5.92 Å². The van der Waals surface area contributed by atoms with Gasteiger partial charge in [0.2, 0.25) is 0 Å². The molecule has 4 nitrogen and oxygen atoms in total. The fraction of sp³-hybridized carbons (Fsp3) is 0.556. The van der Waals surface area contributed by atoms with Crippen molar-refractivity contribution in [1.29, 1.82) is 0 Å². The minimum atomic E-state index is -0.624. The molecule has 0 aliphatic heterocycles. The molecule has 0 atom stereocenters. The molecule has 0 radical (unpaired) electrons. The zero-order chi connectivity index (χ0) is 10.6. The summed E-state index contributed by atoms with van der Waals surface area (Å²) in [7, 11) is 0. The van der Waals surface area contributed by atoms with Gasteiger partial charge in [0, 0.05) is 0 Å². The van der Waals surface area contributed by atoms with Crippen LogP contribution in [-0.2, 0) is 0 Å². The van der Waals surface area contributed by atoms with Gasteiger partial charge in [0.25, 0.3) is 0 Å². The Morgan fingerprint density at radius 2 is 2.29 bits per heavy atom. The van der Waals surface area contributed by atoms with E-state index in [2.05, 4.69) is 23.8 Å². The monoisotopic (exact) mass is 199 g/mol. The molecule has 0 aliphatic carbocycles. The first-order chi connectivity index (χ1) is 6.59. The van der Waals surface area contributed by atoms with E-state index in [0.717, 1.165) is 12.6 Å². The fourth-order valence-corrected chi connectivity index (χ4v) is 0.819. The summed E-state index contributed by atoms with van der Waals surface area (Å²) in [5.74, 6) is -0.256. The second kappa shape index (κ2) is 4.74. The average molecular weight is 199 g/mol. The first-order valence-corrected chi connectivity index (χ1v) is 4.50. The second-order valence-corrected chi connectivity index (χ2v) is 3.42. The van der Waals surface area contributed by atoms with Gasteiger partial charge in [-0.05, 0) is 12.3 Å². The van der Waals surface area contributed by atoms with Crippen LogP contribution in [0.15, 0.2) is 6.20 Å². The smallest absolute Gasteiger partial charge is 0.318 e. The van der Waals surface area contributed by atoms with Crippen LogP contribution < -0.4 is 10.5 Å². The maximum absolute atomic E-state index is 12.6. The zero-order valence-corrected chi connectivity index (χ0v) is 8.33. The minimum absolute atomic E-state index is 0.129. The number of hydrogen-bond acceptors (Lipinski definition) is 4. The molecule has 0 saturated heterocycles. The van der Waals surface area contributed by atoms with Gasteiger partial charge in [-0.15, -0.1) is 0 Å². The molecule has 0 aromatic carbocycles. The first kappa shape index (κ1) is 10.7. The summed E-state index contributed by atoms with van der Waals surface area (Å²) in [5.41, 5.74) is 5.25. The van der Waals surface area contributed by atoms with Crippen molar-refractivity contribution in [3.05, 3.63) is 12.0 Å². The maximum atomic E-state index is 12.6. The summed E-state index contributed by atoms with van der Waals surface area (Å²) in [5, 5.41) is 0. The van der Waals surface area contributed by atoms with E-state index in [0.29, 0.717) is 12.5 Å². The molecule has 78 valence electrons. The number of halogens is 1. The molecule has 14 heavy (non-hydrogen) atoms. The van der Waals surface area contributed by atoms with Crippen LogP contribution in [0.5, 0.6) is 6.01 Å². The number of nitrogens with zero attached hydrogens (tertiary/aromatic N) is 2. The van der Waals surface area contributed by atoms with Crippen LogP contribution in [0.25, 0.3) is 0 Å². The standard InChI is InChI=1S/C9H14FN3O/c1-6(2)3-4-14-9-12-5-7(10)8(11)13-9/h5-6H,3-4H2,1-2H3,(H2,11,12,13). The van der Waals surface area contributed by atoms with Crippen molar-refractivity contribution in [3.63, 3.8) is 0 Å². The molecule has 0 saturated carbocycles. The molecule has 0 amide bonds. The molecule has 0 unspecified atom stereocenters. The van der Waals surface area contributed by atoms with E-state index in [9.17, 15) is 4.39 Å². The van der Waals surface area contributed by atoms with Gasteiger partial charge in [-0.3, -0.25) is 0 Å². The maximum Gasteiger partial charge on any atom is 0.318 e. The lowest BCUT2D eigenvalue weighted by atomic mass is 10.1. The highest BCUT2D eigenvalue weighted by molar-refractivity contribution is 5.28. The van der Waals surface area contributed by atoms with Gasteiger partial charge in [0.15, 0.2) is 11.6 Å². The Morgan fingerprint density at radius 1 is 1.57 bits per heavy atom. The Morgan fingerprint density at radius 3 is 2.86 bits per heavy atom. The first-order valence-electron chi connectivity index (χ1n) is 4.50. The number of rotatable bonds is 4. The van der Waals surface area contributed by atoms with Crippen LogP contribution >= 0.6 is 0 Å². The molecule has 1 aromatic rings. The summed E-state index contributed by atoms with van der Waals surface area (Å²) in [6.07, 6.45) is 1.91. The van der Waals surface area contributed by atoms with Crippen molar-refractivity contribution < 1.29 is 9.13 Å². The van der Waals surface area contributed by atoms with E-state index in [4.69, 9.17) is 10.5 Å². The van der Waals surface area contributed by atoms with E-state index in [1.807, 2.05) is 0 Å². The number of nitrogen functional groups attached to an aromatic ring is 1. The highest BCUT2D eigenvalue weighted by Crippen LogP contribution is 2.10. The van der Waals surface area contributed by atoms with Crippen molar-refractivity contribution in [3.8, 4) is 6.01 Å². The van der Waals surface area contributed by atoms with Crippen LogP contribution in [-0.4, -0.2) is 16.6 Å². The van der Waals surface area contributed by atoms with Crippen molar-refractivity contribution in [2.75, 3.05) is 12.3 Å². The molecule has 2 N–H and O–H groups in total. The summed E-state index contributed by atoms with van der Waals surface area (Å²) in [4.78, 5) is 7.29. The lowest BCUT2D eigenvalue weighted by Gasteiger charge is -2.06. The molecule has 0 bridgehead atoms. The number of nitrogens with two attached hydrogens (primary N) is 1. The van der Waals surface area contributed by atoms with Crippen LogP contribution in [0.2, 0.25) is 0 Å². The van der Waals surface area contributed by atoms with Gasteiger partial charge in [0.1, 0.15) is 0 Å². The van der Waals surface area contributed by atoms with Crippen LogP contribution in [0.3, 0.4) is 0 Å². The number of aromatic nitrogens is 2. The number of hydrogen-bond donors (Lipinski definition) is 1. The van der Waals surface area contributed by atoms with E-state index in [-0.39, 0.29) is 11.8 Å². The summed E-state index contributed by atoms with van der Waals surface area (Å²) in [6, 6.07) is 0.129. The van der Waals surface area contributed by atoms with Gasteiger partial charge >= 0.3 is 6.01 Å². The Kier molecular flexibility index (Phi) is 3.62. The van der Waals surface area contributed by atoms with Gasteiger partial charge in [-0.2, -0.15) is 4.98 Å². The van der Waals surface area contributed by atoms with Gasteiger partial charge in [-0.25, -0.2) is 9.37 Å². The number of anilines is 1. The van der Waals surface area contributed by atoms with E-state index in [1.165, 1.54) is 0 Å². The third kappa shape index (κ3) is 3.16. The van der Waals surface area contributed by atoms with E-state index >= 15 is 0 Å². The molecule has 1 heterocycles. The highest BCUT2D eigenvalue weighted by Gasteiger charge is 2.04.